The summed E-state index contributed by atoms with van der Waals surface area (Å²) in [5.41, 5.74) is 0. The van der Waals surface area contributed by atoms with E-state index < -0.39 is 18.4 Å². The molecule has 3 amide bonds. The maximum Gasteiger partial charge on any atom is 0.322 e. The van der Waals surface area contributed by atoms with Crippen LogP contribution in [0.3, 0.4) is 0 Å². The van der Waals surface area contributed by atoms with Gasteiger partial charge in [-0.1, -0.05) is 0 Å². The third-order valence-corrected chi connectivity index (χ3v) is 4.88. The summed E-state index contributed by atoms with van der Waals surface area (Å²) in [6.45, 7) is -0.633. The molecule has 0 aromatic carbocycles. The average molecular weight is 281 g/mol. The van der Waals surface area contributed by atoms with Crippen molar-refractivity contribution in [3.8, 4) is 0 Å². The maximum atomic E-state index is 11.7. The number of aliphatic carboxylic acids is 1. The maximum absolute atomic E-state index is 11.7. The van der Waals surface area contributed by atoms with E-state index in [9.17, 15) is 14.4 Å². The van der Waals surface area contributed by atoms with Gasteiger partial charge in [0.25, 0.3) is 0 Å². The van der Waals surface area contributed by atoms with E-state index in [1.165, 1.54) is 19.3 Å². The van der Waals surface area contributed by atoms with E-state index in [1.54, 1.807) is 0 Å². The van der Waals surface area contributed by atoms with Gasteiger partial charge in [0.2, 0.25) is 5.91 Å². The number of hydrogen-bond donors (Lipinski definition) is 4. The van der Waals surface area contributed by atoms with Crippen LogP contribution in [0.5, 0.6) is 0 Å². The summed E-state index contributed by atoms with van der Waals surface area (Å²) in [5, 5.41) is 16.0. The lowest BCUT2D eigenvalue weighted by Crippen LogP contribution is -2.44. The van der Waals surface area contributed by atoms with Crippen LogP contribution < -0.4 is 16.0 Å². The van der Waals surface area contributed by atoms with Gasteiger partial charge < -0.3 is 21.1 Å². The number of amides is 3. The number of hydrogen-bond acceptors (Lipinski definition) is 3. The van der Waals surface area contributed by atoms with E-state index in [-0.39, 0.29) is 18.6 Å². The monoisotopic (exact) mass is 281 g/mol. The van der Waals surface area contributed by atoms with Crippen LogP contribution in [0.1, 0.15) is 19.3 Å². The highest BCUT2D eigenvalue weighted by atomic mass is 16.4. The van der Waals surface area contributed by atoms with Crippen molar-refractivity contribution in [1.29, 1.82) is 0 Å². The van der Waals surface area contributed by atoms with Crippen LogP contribution in [-0.2, 0) is 9.59 Å². The molecule has 3 aliphatic carbocycles. The molecule has 0 spiro atoms. The molecule has 4 unspecified atom stereocenters. The highest BCUT2D eigenvalue weighted by Crippen LogP contribution is 2.65. The van der Waals surface area contributed by atoms with Gasteiger partial charge in [0.05, 0.1) is 6.54 Å². The summed E-state index contributed by atoms with van der Waals surface area (Å²) >= 11 is 0. The number of urea groups is 1. The third kappa shape index (κ3) is 2.44. The second kappa shape index (κ2) is 4.96. The van der Waals surface area contributed by atoms with Crippen LogP contribution in [0.2, 0.25) is 0 Å². The van der Waals surface area contributed by atoms with Crippen LogP contribution in [0.4, 0.5) is 4.79 Å². The van der Waals surface area contributed by atoms with Crippen molar-refractivity contribution in [3.63, 3.8) is 0 Å². The van der Waals surface area contributed by atoms with Gasteiger partial charge in [-0.2, -0.15) is 0 Å². The number of carboxylic acids is 1. The fraction of sp³-hybridized carbons (Fsp3) is 0.769. The lowest BCUT2D eigenvalue weighted by Gasteiger charge is -2.11. The van der Waals surface area contributed by atoms with Gasteiger partial charge in [0.1, 0.15) is 6.54 Å². The summed E-state index contributed by atoms with van der Waals surface area (Å²) in [7, 11) is 0. The van der Waals surface area contributed by atoms with Crippen molar-refractivity contribution < 1.29 is 19.5 Å². The predicted octanol–water partition coefficient (Wildman–Crippen LogP) is -0.469. The molecule has 110 valence electrons. The number of carbonyl (C=O) groups is 3. The van der Waals surface area contributed by atoms with Gasteiger partial charge in [-0.25, -0.2) is 4.79 Å². The summed E-state index contributed by atoms with van der Waals surface area (Å²) in [4.78, 5) is 33.2. The van der Waals surface area contributed by atoms with E-state index in [0.29, 0.717) is 11.8 Å². The van der Waals surface area contributed by atoms with Crippen LogP contribution in [0.15, 0.2) is 0 Å². The Morgan fingerprint density at radius 3 is 2.25 bits per heavy atom. The largest absolute Gasteiger partial charge is 0.480 e. The molecule has 20 heavy (non-hydrogen) atoms. The van der Waals surface area contributed by atoms with E-state index in [2.05, 4.69) is 16.0 Å². The molecule has 4 atom stereocenters. The Morgan fingerprint density at radius 1 is 1.00 bits per heavy atom. The number of fused-ring (bicyclic) bond motifs is 5. The van der Waals surface area contributed by atoms with Gasteiger partial charge in [0, 0.05) is 6.04 Å². The fourth-order valence-electron chi connectivity index (χ4n) is 4.12. The minimum atomic E-state index is -1.11. The minimum absolute atomic E-state index is 0.200. The molecular weight excluding hydrogens is 262 g/mol. The van der Waals surface area contributed by atoms with E-state index >= 15 is 0 Å². The molecule has 7 heteroatoms. The van der Waals surface area contributed by atoms with Gasteiger partial charge in [0.15, 0.2) is 0 Å². The first-order valence-electron chi connectivity index (χ1n) is 7.09. The van der Waals surface area contributed by atoms with Crippen molar-refractivity contribution in [3.05, 3.63) is 0 Å². The average Bonchev–Trinajstić information content (AvgIpc) is 2.81. The zero-order valence-corrected chi connectivity index (χ0v) is 11.1. The SMILES string of the molecule is O=C(O)CNC(=O)CNC(=O)NC1C2C3CCC(C3)C12. The standard InChI is InChI=1S/C13H19N3O4/c17-8(14-5-9(18)19)4-15-13(20)16-12-10-6-1-2-7(3-6)11(10)12/h6-7,10-12H,1-5H2,(H,14,17)(H,18,19)(H2,15,16,20). The Balaban J connectivity index is 1.35. The van der Waals surface area contributed by atoms with E-state index in [0.717, 1.165) is 11.8 Å². The second-order valence-corrected chi connectivity index (χ2v) is 6.01. The number of carbonyl (C=O) groups excluding carboxylic acids is 2. The molecule has 0 heterocycles. The third-order valence-electron chi connectivity index (χ3n) is 4.88. The van der Waals surface area contributed by atoms with Crippen LogP contribution in [-0.4, -0.2) is 42.1 Å². The van der Waals surface area contributed by atoms with Crippen LogP contribution >= 0.6 is 0 Å². The number of carboxylic acid groups (broad SMARTS) is 1. The second-order valence-electron chi connectivity index (χ2n) is 6.01. The van der Waals surface area contributed by atoms with Crippen molar-refractivity contribution in [2.45, 2.75) is 25.3 Å². The Labute approximate surface area is 116 Å². The zero-order chi connectivity index (χ0) is 14.3. The van der Waals surface area contributed by atoms with Crippen molar-refractivity contribution in [2.24, 2.45) is 23.7 Å². The summed E-state index contributed by atoms with van der Waals surface area (Å²) in [6.07, 6.45) is 3.92. The smallest absolute Gasteiger partial charge is 0.322 e. The molecule has 0 aromatic rings. The first-order chi connectivity index (χ1) is 9.56. The Morgan fingerprint density at radius 2 is 1.65 bits per heavy atom. The molecule has 4 N–H and O–H groups in total. The molecule has 3 saturated carbocycles. The van der Waals surface area contributed by atoms with Crippen molar-refractivity contribution in [2.75, 3.05) is 13.1 Å². The summed E-state index contributed by atoms with van der Waals surface area (Å²) in [6, 6.07) is -0.0578. The van der Waals surface area contributed by atoms with E-state index in [4.69, 9.17) is 5.11 Å². The van der Waals surface area contributed by atoms with Crippen molar-refractivity contribution >= 4 is 17.9 Å². The molecule has 0 aromatic heterocycles. The fourth-order valence-corrected chi connectivity index (χ4v) is 4.12. The molecule has 0 radical (unpaired) electrons. The van der Waals surface area contributed by atoms with Gasteiger partial charge in [-0.05, 0) is 42.9 Å². The predicted molar refractivity (Wildman–Crippen MR) is 68.8 cm³/mol. The lowest BCUT2D eigenvalue weighted by atomic mass is 10.0. The minimum Gasteiger partial charge on any atom is -0.480 e. The Hall–Kier alpha value is -1.79. The number of rotatable bonds is 5. The normalized spacial score (nSPS) is 36.1. The van der Waals surface area contributed by atoms with Crippen molar-refractivity contribution in [1.82, 2.24) is 16.0 Å². The quantitative estimate of drug-likeness (QED) is 0.546. The molecule has 3 fully saturated rings. The first kappa shape index (κ1) is 13.2. The first-order valence-corrected chi connectivity index (χ1v) is 7.09. The molecule has 0 aliphatic heterocycles. The Bertz CT molecular complexity index is 437. The van der Waals surface area contributed by atoms with Gasteiger partial charge in [-0.15, -0.1) is 0 Å². The van der Waals surface area contributed by atoms with Crippen LogP contribution in [0, 0.1) is 23.7 Å². The van der Waals surface area contributed by atoms with E-state index in [1.807, 2.05) is 0 Å². The number of nitrogens with one attached hydrogen (secondary N) is 3. The zero-order valence-electron chi connectivity index (χ0n) is 11.1. The molecule has 3 rings (SSSR count). The summed E-state index contributed by atoms with van der Waals surface area (Å²) in [5.74, 6) is 1.27. The van der Waals surface area contributed by atoms with Crippen LogP contribution in [0.25, 0.3) is 0 Å². The van der Waals surface area contributed by atoms with Gasteiger partial charge >= 0.3 is 12.0 Å². The molecular formula is C13H19N3O4. The highest BCUT2D eigenvalue weighted by Gasteiger charge is 2.65. The highest BCUT2D eigenvalue weighted by molar-refractivity contribution is 5.86. The molecule has 2 bridgehead atoms. The lowest BCUT2D eigenvalue weighted by molar-refractivity contribution is -0.137. The topological polar surface area (TPSA) is 108 Å². The molecule has 7 nitrogen and oxygen atoms in total. The van der Waals surface area contributed by atoms with Gasteiger partial charge in [-0.3, -0.25) is 9.59 Å². The molecule has 0 saturated heterocycles. The Kier molecular flexibility index (Phi) is 3.27. The summed E-state index contributed by atoms with van der Waals surface area (Å²) < 4.78 is 0. The molecule has 3 aliphatic rings.